The molecular weight excluding hydrogens is 268 g/mol. The Bertz CT molecular complexity index is 615. The average molecular weight is 286 g/mol. The standard InChI is InChI=1S/C16H18N2O3/c1-2-20-14(19)13-17-18-15(21-13)16(10-6-7-11-16)12-8-4-3-5-9-12/h3-5,8-9H,2,6-7,10-11H2,1H3. The zero-order valence-electron chi connectivity index (χ0n) is 12.0. The Balaban J connectivity index is 1.97. The molecule has 2 aromatic rings. The highest BCUT2D eigenvalue weighted by Crippen LogP contribution is 2.45. The van der Waals surface area contributed by atoms with Gasteiger partial charge in [0.25, 0.3) is 0 Å². The zero-order chi connectivity index (χ0) is 14.7. The van der Waals surface area contributed by atoms with Crippen LogP contribution in [0.2, 0.25) is 0 Å². The fraction of sp³-hybridized carbons (Fsp3) is 0.438. The van der Waals surface area contributed by atoms with Crippen molar-refractivity contribution in [2.45, 2.75) is 38.0 Å². The molecule has 0 atom stereocenters. The Hall–Kier alpha value is -2.17. The molecule has 0 unspecified atom stereocenters. The summed E-state index contributed by atoms with van der Waals surface area (Å²) in [6.45, 7) is 2.04. The fourth-order valence-electron chi connectivity index (χ4n) is 3.05. The van der Waals surface area contributed by atoms with E-state index in [9.17, 15) is 4.79 Å². The van der Waals surface area contributed by atoms with Crippen LogP contribution in [-0.4, -0.2) is 22.8 Å². The number of hydrogen-bond acceptors (Lipinski definition) is 5. The van der Waals surface area contributed by atoms with Gasteiger partial charge in [-0.2, -0.15) is 0 Å². The quantitative estimate of drug-likeness (QED) is 0.808. The monoisotopic (exact) mass is 286 g/mol. The minimum absolute atomic E-state index is 0.0611. The van der Waals surface area contributed by atoms with Crippen LogP contribution in [0.1, 0.15) is 54.7 Å². The normalized spacial score (nSPS) is 16.8. The second kappa shape index (κ2) is 5.68. The molecule has 0 saturated heterocycles. The molecule has 5 heteroatoms. The number of aromatic nitrogens is 2. The number of nitrogens with zero attached hydrogens (tertiary/aromatic N) is 2. The van der Waals surface area contributed by atoms with E-state index < -0.39 is 5.97 Å². The van der Waals surface area contributed by atoms with Gasteiger partial charge in [-0.3, -0.25) is 0 Å². The molecule has 0 bridgehead atoms. The van der Waals surface area contributed by atoms with Crippen molar-refractivity contribution in [3.63, 3.8) is 0 Å². The Morgan fingerprint density at radius 2 is 1.95 bits per heavy atom. The first kappa shape index (κ1) is 13.8. The minimum Gasteiger partial charge on any atom is -0.459 e. The molecule has 1 aliphatic carbocycles. The van der Waals surface area contributed by atoms with E-state index in [0.717, 1.165) is 25.7 Å². The van der Waals surface area contributed by atoms with E-state index in [-0.39, 0.29) is 11.3 Å². The van der Waals surface area contributed by atoms with Gasteiger partial charge >= 0.3 is 11.9 Å². The van der Waals surface area contributed by atoms with Crippen molar-refractivity contribution in [3.8, 4) is 0 Å². The molecule has 3 rings (SSSR count). The van der Waals surface area contributed by atoms with Crippen molar-refractivity contribution < 1.29 is 13.9 Å². The molecule has 1 fully saturated rings. The molecule has 1 aromatic heterocycles. The van der Waals surface area contributed by atoms with Gasteiger partial charge in [0.15, 0.2) is 0 Å². The van der Waals surface area contributed by atoms with Crippen molar-refractivity contribution in [3.05, 3.63) is 47.7 Å². The Morgan fingerprint density at radius 3 is 2.62 bits per heavy atom. The van der Waals surface area contributed by atoms with Crippen LogP contribution in [-0.2, 0) is 10.2 Å². The third-order valence-corrected chi connectivity index (χ3v) is 4.07. The molecule has 1 aliphatic rings. The van der Waals surface area contributed by atoms with E-state index in [0.29, 0.717) is 12.5 Å². The van der Waals surface area contributed by atoms with Gasteiger partial charge in [0.1, 0.15) is 0 Å². The topological polar surface area (TPSA) is 65.2 Å². The predicted octanol–water partition coefficient (Wildman–Crippen LogP) is 3.11. The van der Waals surface area contributed by atoms with Crippen LogP contribution < -0.4 is 0 Å². The first-order valence-corrected chi connectivity index (χ1v) is 7.33. The zero-order valence-corrected chi connectivity index (χ0v) is 12.0. The molecule has 0 amide bonds. The van der Waals surface area contributed by atoms with Crippen molar-refractivity contribution >= 4 is 5.97 Å². The van der Waals surface area contributed by atoms with Crippen LogP contribution in [0, 0.1) is 0 Å². The third-order valence-electron chi connectivity index (χ3n) is 4.07. The third kappa shape index (κ3) is 2.44. The number of benzene rings is 1. The summed E-state index contributed by atoms with van der Waals surface area (Å²) in [6, 6.07) is 10.2. The molecule has 0 radical (unpaired) electrons. The van der Waals surface area contributed by atoms with Gasteiger partial charge in [0.2, 0.25) is 5.89 Å². The average Bonchev–Trinajstić information content (AvgIpc) is 3.18. The summed E-state index contributed by atoms with van der Waals surface area (Å²) in [6.07, 6.45) is 4.15. The maximum atomic E-state index is 11.7. The number of hydrogen-bond donors (Lipinski definition) is 0. The lowest BCUT2D eigenvalue weighted by Crippen LogP contribution is -2.24. The van der Waals surface area contributed by atoms with Gasteiger partial charge in [-0.25, -0.2) is 4.79 Å². The van der Waals surface area contributed by atoms with Gasteiger partial charge in [-0.05, 0) is 25.3 Å². The molecular formula is C16H18N2O3. The summed E-state index contributed by atoms with van der Waals surface area (Å²) in [5.74, 6) is -0.0965. The molecule has 1 aromatic carbocycles. The number of carbonyl (C=O) groups is 1. The summed E-state index contributed by atoms with van der Waals surface area (Å²) in [5.41, 5.74) is 0.903. The molecule has 0 N–H and O–H groups in total. The van der Waals surface area contributed by atoms with Crippen LogP contribution in [0.25, 0.3) is 0 Å². The number of rotatable bonds is 4. The second-order valence-corrected chi connectivity index (χ2v) is 5.29. The van der Waals surface area contributed by atoms with E-state index >= 15 is 0 Å². The van der Waals surface area contributed by atoms with E-state index in [1.807, 2.05) is 18.2 Å². The van der Waals surface area contributed by atoms with Gasteiger partial charge in [-0.15, -0.1) is 10.2 Å². The van der Waals surface area contributed by atoms with Gasteiger partial charge < -0.3 is 9.15 Å². The van der Waals surface area contributed by atoms with Gasteiger partial charge in [0.05, 0.1) is 12.0 Å². The van der Waals surface area contributed by atoms with Gasteiger partial charge in [-0.1, -0.05) is 43.2 Å². The summed E-state index contributed by atoms with van der Waals surface area (Å²) < 4.78 is 10.6. The minimum atomic E-state index is -0.558. The molecule has 1 saturated carbocycles. The van der Waals surface area contributed by atoms with E-state index in [2.05, 4.69) is 22.3 Å². The molecule has 5 nitrogen and oxygen atoms in total. The van der Waals surface area contributed by atoms with Crippen molar-refractivity contribution in [1.82, 2.24) is 10.2 Å². The fourth-order valence-corrected chi connectivity index (χ4v) is 3.05. The Labute approximate surface area is 123 Å². The maximum absolute atomic E-state index is 11.7. The highest BCUT2D eigenvalue weighted by atomic mass is 16.5. The molecule has 1 heterocycles. The lowest BCUT2D eigenvalue weighted by Gasteiger charge is -2.25. The molecule has 0 spiro atoms. The van der Waals surface area contributed by atoms with Crippen LogP contribution in [0.15, 0.2) is 34.7 Å². The van der Waals surface area contributed by atoms with Crippen molar-refractivity contribution in [2.75, 3.05) is 6.61 Å². The summed E-state index contributed by atoms with van der Waals surface area (Å²) in [4.78, 5) is 11.7. The van der Waals surface area contributed by atoms with Crippen LogP contribution in [0.5, 0.6) is 0 Å². The summed E-state index contributed by atoms with van der Waals surface area (Å²) >= 11 is 0. The highest BCUT2D eigenvalue weighted by molar-refractivity contribution is 5.83. The summed E-state index contributed by atoms with van der Waals surface area (Å²) in [7, 11) is 0. The number of ether oxygens (including phenoxy) is 1. The smallest absolute Gasteiger partial charge is 0.396 e. The largest absolute Gasteiger partial charge is 0.459 e. The number of carbonyl (C=O) groups excluding carboxylic acids is 1. The van der Waals surface area contributed by atoms with E-state index in [1.165, 1.54) is 5.56 Å². The maximum Gasteiger partial charge on any atom is 0.396 e. The predicted molar refractivity (Wildman–Crippen MR) is 75.9 cm³/mol. The lowest BCUT2D eigenvalue weighted by atomic mass is 9.79. The SMILES string of the molecule is CCOC(=O)c1nnc(C2(c3ccccc3)CCCC2)o1. The van der Waals surface area contributed by atoms with Gasteiger partial charge in [0, 0.05) is 0 Å². The Morgan fingerprint density at radius 1 is 1.24 bits per heavy atom. The highest BCUT2D eigenvalue weighted by Gasteiger charge is 2.42. The van der Waals surface area contributed by atoms with Crippen LogP contribution >= 0.6 is 0 Å². The second-order valence-electron chi connectivity index (χ2n) is 5.29. The molecule has 21 heavy (non-hydrogen) atoms. The molecule has 110 valence electrons. The van der Waals surface area contributed by atoms with Crippen LogP contribution in [0.4, 0.5) is 0 Å². The van der Waals surface area contributed by atoms with Crippen molar-refractivity contribution in [2.24, 2.45) is 0 Å². The van der Waals surface area contributed by atoms with Crippen molar-refractivity contribution in [1.29, 1.82) is 0 Å². The lowest BCUT2D eigenvalue weighted by molar-refractivity contribution is 0.0477. The van der Waals surface area contributed by atoms with E-state index in [1.54, 1.807) is 6.92 Å². The van der Waals surface area contributed by atoms with Crippen LogP contribution in [0.3, 0.4) is 0 Å². The van der Waals surface area contributed by atoms with E-state index in [4.69, 9.17) is 9.15 Å². The number of esters is 1. The Kier molecular flexibility index (Phi) is 3.73. The first-order valence-electron chi connectivity index (χ1n) is 7.33. The molecule has 0 aliphatic heterocycles. The first-order chi connectivity index (χ1) is 10.3. The summed E-state index contributed by atoms with van der Waals surface area (Å²) in [5, 5.41) is 7.99.